The first-order chi connectivity index (χ1) is 7.69. The predicted molar refractivity (Wildman–Crippen MR) is 66.1 cm³/mol. The summed E-state index contributed by atoms with van der Waals surface area (Å²) in [5.74, 6) is 0. The predicted octanol–water partition coefficient (Wildman–Crippen LogP) is 2.27. The maximum absolute atomic E-state index is 8.75. The number of benzene rings is 1. The molecule has 1 aromatic carbocycles. The number of hydroxylamine groups is 1. The molecule has 1 atom stereocenters. The molecule has 0 aliphatic heterocycles. The van der Waals surface area contributed by atoms with Gasteiger partial charge in [-0.2, -0.15) is 5.48 Å². The molecule has 0 amide bonds. The highest BCUT2D eigenvalue weighted by atomic mass is 16.5. The molecule has 0 bridgehead atoms. The van der Waals surface area contributed by atoms with Crippen LogP contribution in [0, 0.1) is 6.92 Å². The maximum atomic E-state index is 8.75. The largest absolute Gasteiger partial charge is 0.362 e. The van der Waals surface area contributed by atoms with Crippen molar-refractivity contribution in [2.45, 2.75) is 26.4 Å². The van der Waals surface area contributed by atoms with E-state index in [0.717, 1.165) is 23.2 Å². The van der Waals surface area contributed by atoms with Crippen molar-refractivity contribution in [2.75, 3.05) is 5.32 Å². The van der Waals surface area contributed by atoms with E-state index in [2.05, 4.69) is 12.2 Å². The van der Waals surface area contributed by atoms with Crippen molar-refractivity contribution < 1.29 is 5.21 Å². The molecule has 16 heavy (non-hydrogen) atoms. The number of allylic oxidation sites excluding steroid dienone is 1. The molecule has 0 fully saturated rings. The number of anilines is 1. The average Bonchev–Trinajstić information content (AvgIpc) is 2.31. The van der Waals surface area contributed by atoms with E-state index >= 15 is 0 Å². The first kappa shape index (κ1) is 12.7. The maximum Gasteiger partial charge on any atom is 0.104 e. The Morgan fingerprint density at radius 1 is 1.50 bits per heavy atom. The van der Waals surface area contributed by atoms with Gasteiger partial charge in [0.05, 0.1) is 0 Å². The minimum Gasteiger partial charge on any atom is -0.362 e. The zero-order valence-electron chi connectivity index (χ0n) is 9.70. The van der Waals surface area contributed by atoms with E-state index in [1.54, 1.807) is 0 Å². The van der Waals surface area contributed by atoms with Crippen molar-refractivity contribution in [1.29, 1.82) is 0 Å². The van der Waals surface area contributed by atoms with Gasteiger partial charge in [-0.3, -0.25) is 0 Å². The third kappa shape index (κ3) is 3.34. The number of aryl methyl sites for hydroxylation is 1. The molecular formula is C12H19N3O. The van der Waals surface area contributed by atoms with Gasteiger partial charge in [0.1, 0.15) is 6.17 Å². The third-order valence-corrected chi connectivity index (χ3v) is 2.35. The van der Waals surface area contributed by atoms with Gasteiger partial charge in [-0.05, 0) is 36.7 Å². The van der Waals surface area contributed by atoms with Crippen LogP contribution >= 0.6 is 0 Å². The average molecular weight is 221 g/mol. The normalized spacial score (nSPS) is 13.0. The monoisotopic (exact) mass is 221 g/mol. The molecule has 1 aromatic rings. The Labute approximate surface area is 96.1 Å². The van der Waals surface area contributed by atoms with E-state index in [1.807, 2.05) is 42.9 Å². The van der Waals surface area contributed by atoms with Crippen molar-refractivity contribution in [3.63, 3.8) is 0 Å². The molecule has 1 rings (SSSR count). The Balaban J connectivity index is 2.86. The standard InChI is InChI=1S/C12H19N3O/c1-3-4-7-14-11-8-10(12(13)15-16)6-5-9(11)2/h4-8,12,14-16H,3,13H2,1-2H3/b7-4-. The van der Waals surface area contributed by atoms with Gasteiger partial charge in [0.25, 0.3) is 0 Å². The van der Waals surface area contributed by atoms with Gasteiger partial charge in [-0.25, -0.2) is 0 Å². The van der Waals surface area contributed by atoms with Crippen molar-refractivity contribution in [1.82, 2.24) is 5.48 Å². The van der Waals surface area contributed by atoms with Crippen LogP contribution in [-0.2, 0) is 0 Å². The molecule has 0 radical (unpaired) electrons. The Morgan fingerprint density at radius 2 is 2.25 bits per heavy atom. The van der Waals surface area contributed by atoms with Gasteiger partial charge in [0.15, 0.2) is 0 Å². The smallest absolute Gasteiger partial charge is 0.104 e. The number of hydrogen-bond donors (Lipinski definition) is 4. The minimum absolute atomic E-state index is 0.559. The minimum atomic E-state index is -0.559. The van der Waals surface area contributed by atoms with Crippen LogP contribution < -0.4 is 16.5 Å². The number of nitrogens with two attached hydrogens (primary N) is 1. The van der Waals surface area contributed by atoms with E-state index in [0.29, 0.717) is 0 Å². The second-order valence-electron chi connectivity index (χ2n) is 3.64. The molecule has 4 nitrogen and oxygen atoms in total. The molecule has 0 spiro atoms. The van der Waals surface area contributed by atoms with E-state index in [1.165, 1.54) is 0 Å². The first-order valence-electron chi connectivity index (χ1n) is 5.36. The fourth-order valence-electron chi connectivity index (χ4n) is 1.33. The molecule has 0 saturated carbocycles. The second kappa shape index (κ2) is 6.27. The molecule has 0 aliphatic carbocycles. The van der Waals surface area contributed by atoms with Crippen LogP contribution in [0.4, 0.5) is 5.69 Å². The first-order valence-corrected chi connectivity index (χ1v) is 5.36. The van der Waals surface area contributed by atoms with Gasteiger partial charge < -0.3 is 16.3 Å². The number of nitrogens with one attached hydrogen (secondary N) is 2. The Kier molecular flexibility index (Phi) is 4.98. The summed E-state index contributed by atoms with van der Waals surface area (Å²) in [6, 6.07) is 5.77. The van der Waals surface area contributed by atoms with Crippen LogP contribution in [0.3, 0.4) is 0 Å². The van der Waals surface area contributed by atoms with Gasteiger partial charge >= 0.3 is 0 Å². The zero-order valence-corrected chi connectivity index (χ0v) is 9.70. The summed E-state index contributed by atoms with van der Waals surface area (Å²) in [4.78, 5) is 0. The summed E-state index contributed by atoms with van der Waals surface area (Å²) >= 11 is 0. The fourth-order valence-corrected chi connectivity index (χ4v) is 1.33. The van der Waals surface area contributed by atoms with Gasteiger partial charge in [-0.1, -0.05) is 25.1 Å². The van der Waals surface area contributed by atoms with Crippen molar-refractivity contribution in [3.8, 4) is 0 Å². The van der Waals surface area contributed by atoms with E-state index in [-0.39, 0.29) is 0 Å². The van der Waals surface area contributed by atoms with E-state index < -0.39 is 6.17 Å². The van der Waals surface area contributed by atoms with Crippen LogP contribution in [0.25, 0.3) is 0 Å². The van der Waals surface area contributed by atoms with Crippen molar-refractivity contribution in [3.05, 3.63) is 41.6 Å². The van der Waals surface area contributed by atoms with Crippen LogP contribution in [0.1, 0.15) is 30.6 Å². The Morgan fingerprint density at radius 3 is 2.88 bits per heavy atom. The molecular weight excluding hydrogens is 202 g/mol. The summed E-state index contributed by atoms with van der Waals surface area (Å²) in [6.07, 6.45) is 4.38. The van der Waals surface area contributed by atoms with Gasteiger partial charge in [-0.15, -0.1) is 0 Å². The molecule has 0 aliphatic rings. The lowest BCUT2D eigenvalue weighted by atomic mass is 10.1. The molecule has 5 N–H and O–H groups in total. The van der Waals surface area contributed by atoms with Crippen molar-refractivity contribution >= 4 is 5.69 Å². The summed E-state index contributed by atoms with van der Waals surface area (Å²) in [5.41, 5.74) is 10.6. The highest BCUT2D eigenvalue weighted by Crippen LogP contribution is 2.19. The topological polar surface area (TPSA) is 70.3 Å². The number of hydrogen-bond acceptors (Lipinski definition) is 4. The molecule has 4 heteroatoms. The summed E-state index contributed by atoms with van der Waals surface area (Å²) < 4.78 is 0. The van der Waals surface area contributed by atoms with Crippen LogP contribution in [0.2, 0.25) is 0 Å². The SMILES string of the molecule is CC/C=C\Nc1cc(C(N)NO)ccc1C. The fraction of sp³-hybridized carbons (Fsp3) is 0.333. The summed E-state index contributed by atoms with van der Waals surface area (Å²) in [7, 11) is 0. The lowest BCUT2D eigenvalue weighted by molar-refractivity contribution is 0.128. The number of rotatable bonds is 5. The molecule has 0 heterocycles. The van der Waals surface area contributed by atoms with Crippen LogP contribution in [0.15, 0.2) is 30.5 Å². The third-order valence-electron chi connectivity index (χ3n) is 2.35. The summed E-state index contributed by atoms with van der Waals surface area (Å²) in [5, 5.41) is 11.9. The van der Waals surface area contributed by atoms with Crippen LogP contribution in [0.5, 0.6) is 0 Å². The van der Waals surface area contributed by atoms with E-state index in [9.17, 15) is 0 Å². The molecule has 0 aromatic heterocycles. The Bertz CT molecular complexity index is 363. The molecule has 0 saturated heterocycles. The van der Waals surface area contributed by atoms with E-state index in [4.69, 9.17) is 10.9 Å². The highest BCUT2D eigenvalue weighted by molar-refractivity contribution is 5.54. The van der Waals surface area contributed by atoms with Crippen molar-refractivity contribution in [2.24, 2.45) is 5.73 Å². The molecule has 1 unspecified atom stereocenters. The Hall–Kier alpha value is -1.36. The van der Waals surface area contributed by atoms with Gasteiger partial charge in [0.2, 0.25) is 0 Å². The van der Waals surface area contributed by atoms with Crippen LogP contribution in [-0.4, -0.2) is 5.21 Å². The summed E-state index contributed by atoms with van der Waals surface area (Å²) in [6.45, 7) is 4.09. The molecule has 88 valence electrons. The second-order valence-corrected chi connectivity index (χ2v) is 3.64. The highest BCUT2D eigenvalue weighted by Gasteiger charge is 2.05. The van der Waals surface area contributed by atoms with Gasteiger partial charge in [0, 0.05) is 5.69 Å². The lowest BCUT2D eigenvalue weighted by Crippen LogP contribution is -2.25. The zero-order chi connectivity index (χ0) is 12.0. The quantitative estimate of drug-likeness (QED) is 0.455. The lowest BCUT2D eigenvalue weighted by Gasteiger charge is -2.13.